The molecule has 4 rings (SSSR count). The summed E-state index contributed by atoms with van der Waals surface area (Å²) in [6, 6.07) is 10.1. The number of aliphatic hydroxyl groups excluding tert-OH is 1. The molecule has 0 saturated carbocycles. The van der Waals surface area contributed by atoms with Gasteiger partial charge in [-0.3, -0.25) is 4.90 Å². The monoisotopic (exact) mass is 351 g/mol. The summed E-state index contributed by atoms with van der Waals surface area (Å²) < 4.78 is 0. The Bertz CT molecular complexity index is 917. The average Bonchev–Trinajstić information content (AvgIpc) is 2.67. The van der Waals surface area contributed by atoms with E-state index in [1.165, 1.54) is 17.5 Å². The summed E-state index contributed by atoms with van der Waals surface area (Å²) in [5, 5.41) is 23.9. The molecule has 1 atom stereocenters. The highest BCUT2D eigenvalue weighted by Gasteiger charge is 2.18. The van der Waals surface area contributed by atoms with Gasteiger partial charge in [-0.1, -0.05) is 24.3 Å². The van der Waals surface area contributed by atoms with Crippen molar-refractivity contribution in [2.24, 2.45) is 0 Å². The zero-order valence-corrected chi connectivity index (χ0v) is 14.3. The summed E-state index contributed by atoms with van der Waals surface area (Å²) in [7, 11) is 0. The van der Waals surface area contributed by atoms with Crippen LogP contribution in [0.1, 0.15) is 11.1 Å². The Morgan fingerprint density at radius 2 is 1.96 bits per heavy atom. The highest BCUT2D eigenvalue weighted by molar-refractivity contribution is 5.90. The zero-order chi connectivity index (χ0) is 17.9. The lowest BCUT2D eigenvalue weighted by atomic mass is 10.00. The van der Waals surface area contributed by atoms with Crippen LogP contribution >= 0.6 is 0 Å². The van der Waals surface area contributed by atoms with Gasteiger partial charge in [0, 0.05) is 32.4 Å². The lowest BCUT2D eigenvalue weighted by Gasteiger charge is -2.30. The van der Waals surface area contributed by atoms with Gasteiger partial charge in [-0.25, -0.2) is 15.0 Å². The van der Waals surface area contributed by atoms with E-state index in [0.29, 0.717) is 29.8 Å². The van der Waals surface area contributed by atoms with Crippen molar-refractivity contribution in [3.05, 3.63) is 54.0 Å². The topological polar surface area (TPSA) is 94.4 Å². The van der Waals surface area contributed by atoms with Crippen molar-refractivity contribution in [2.45, 2.75) is 19.1 Å². The fraction of sp³-hybridized carbons (Fsp3) is 0.316. The van der Waals surface area contributed by atoms with Crippen LogP contribution in [0, 0.1) is 0 Å². The molecule has 26 heavy (non-hydrogen) atoms. The summed E-state index contributed by atoms with van der Waals surface area (Å²) in [4.78, 5) is 14.5. The second kappa shape index (κ2) is 7.23. The lowest BCUT2D eigenvalue weighted by molar-refractivity contribution is 0.114. The van der Waals surface area contributed by atoms with Gasteiger partial charge in [-0.2, -0.15) is 0 Å². The van der Waals surface area contributed by atoms with Gasteiger partial charge in [0.2, 0.25) is 5.88 Å². The molecule has 3 aromatic rings. The molecule has 1 aromatic carbocycles. The Hall–Kier alpha value is -2.77. The van der Waals surface area contributed by atoms with Gasteiger partial charge >= 0.3 is 0 Å². The zero-order valence-electron chi connectivity index (χ0n) is 14.3. The van der Waals surface area contributed by atoms with Crippen LogP contribution in [0.2, 0.25) is 0 Å². The van der Waals surface area contributed by atoms with Crippen LogP contribution in [0.3, 0.4) is 0 Å². The molecule has 3 heterocycles. The Morgan fingerprint density at radius 1 is 1.12 bits per heavy atom. The summed E-state index contributed by atoms with van der Waals surface area (Å²) in [5.41, 5.74) is 3.27. The number of nitrogens with zero attached hydrogens (tertiary/aromatic N) is 4. The first kappa shape index (κ1) is 16.7. The second-order valence-electron chi connectivity index (χ2n) is 6.54. The molecular weight excluding hydrogens is 330 g/mol. The second-order valence-corrected chi connectivity index (χ2v) is 6.54. The van der Waals surface area contributed by atoms with Crippen LogP contribution in [0.25, 0.3) is 10.9 Å². The third-order valence-corrected chi connectivity index (χ3v) is 4.72. The molecule has 0 spiro atoms. The number of aliphatic hydroxyl groups is 1. The van der Waals surface area contributed by atoms with Gasteiger partial charge in [-0.15, -0.1) is 0 Å². The van der Waals surface area contributed by atoms with Crippen molar-refractivity contribution < 1.29 is 10.2 Å². The number of hydrogen-bond acceptors (Lipinski definition) is 7. The maximum atomic E-state index is 10.4. The van der Waals surface area contributed by atoms with Gasteiger partial charge in [0.1, 0.15) is 11.8 Å². The fourth-order valence-corrected chi connectivity index (χ4v) is 3.39. The van der Waals surface area contributed by atoms with Crippen molar-refractivity contribution in [1.29, 1.82) is 0 Å². The van der Waals surface area contributed by atoms with E-state index in [2.05, 4.69) is 49.4 Å². The van der Waals surface area contributed by atoms with Crippen molar-refractivity contribution in [2.75, 3.05) is 25.0 Å². The summed E-state index contributed by atoms with van der Waals surface area (Å²) >= 11 is 0. The van der Waals surface area contributed by atoms with Crippen LogP contribution < -0.4 is 5.32 Å². The summed E-state index contributed by atoms with van der Waals surface area (Å²) in [5.74, 6) is 0.455. The molecule has 1 aliphatic rings. The molecule has 0 bridgehead atoms. The highest BCUT2D eigenvalue weighted by Crippen LogP contribution is 2.24. The minimum Gasteiger partial charge on any atom is -0.493 e. The molecular formula is C19H21N5O2. The first-order chi connectivity index (χ1) is 12.7. The van der Waals surface area contributed by atoms with Crippen molar-refractivity contribution in [3.8, 4) is 5.88 Å². The molecule has 7 heteroatoms. The number of β-amino-alcohol motifs (C(OH)–C–C–N with tert-alkyl or cyclic N) is 1. The molecule has 0 saturated heterocycles. The number of rotatable bonds is 5. The predicted molar refractivity (Wildman–Crippen MR) is 98.9 cm³/mol. The largest absolute Gasteiger partial charge is 0.493 e. The molecule has 0 fully saturated rings. The number of anilines is 1. The van der Waals surface area contributed by atoms with Gasteiger partial charge in [0.25, 0.3) is 0 Å². The third-order valence-electron chi connectivity index (χ3n) is 4.72. The Morgan fingerprint density at radius 3 is 2.85 bits per heavy atom. The standard InChI is InChI=1S/C19H21N5O2/c25-15(11-24-8-6-13-3-1-2-4-14(13)10-24)9-21-18-17-16(5-7-20-18)19(26)23-12-22-17/h1-5,7,12,15,25H,6,8-11H2,(H,20,21)(H,22,23,26)/t15-/m0/s1. The average molecular weight is 351 g/mol. The fourth-order valence-electron chi connectivity index (χ4n) is 3.39. The van der Waals surface area contributed by atoms with Crippen LogP contribution in [0.4, 0.5) is 5.82 Å². The van der Waals surface area contributed by atoms with E-state index in [4.69, 9.17) is 0 Å². The molecule has 0 amide bonds. The first-order valence-corrected chi connectivity index (χ1v) is 8.70. The maximum Gasteiger partial charge on any atom is 0.222 e. The third kappa shape index (κ3) is 3.44. The summed E-state index contributed by atoms with van der Waals surface area (Å²) in [6.07, 6.45) is 3.36. The predicted octanol–water partition coefficient (Wildman–Crippen LogP) is 1.56. The Balaban J connectivity index is 1.38. The first-order valence-electron chi connectivity index (χ1n) is 8.70. The molecule has 0 unspecified atom stereocenters. The van der Waals surface area contributed by atoms with Crippen LogP contribution in [-0.4, -0.2) is 55.8 Å². The van der Waals surface area contributed by atoms with E-state index in [9.17, 15) is 10.2 Å². The smallest absolute Gasteiger partial charge is 0.222 e. The van der Waals surface area contributed by atoms with Crippen LogP contribution in [0.5, 0.6) is 5.88 Å². The Kier molecular flexibility index (Phi) is 4.64. The highest BCUT2D eigenvalue weighted by atomic mass is 16.3. The van der Waals surface area contributed by atoms with Crippen LogP contribution in [-0.2, 0) is 13.0 Å². The van der Waals surface area contributed by atoms with E-state index < -0.39 is 6.10 Å². The van der Waals surface area contributed by atoms with Crippen LogP contribution in [0.15, 0.2) is 42.9 Å². The summed E-state index contributed by atoms with van der Waals surface area (Å²) in [6.45, 7) is 2.75. The Labute approximate surface area is 151 Å². The molecule has 3 N–H and O–H groups in total. The molecule has 2 aromatic heterocycles. The maximum absolute atomic E-state index is 10.4. The van der Waals surface area contributed by atoms with Gasteiger partial charge in [-0.05, 0) is 23.6 Å². The number of aromatic nitrogens is 3. The minimum atomic E-state index is -0.534. The number of fused-ring (bicyclic) bond motifs is 2. The quantitative estimate of drug-likeness (QED) is 0.642. The number of aromatic hydroxyl groups is 1. The number of benzene rings is 1. The minimum absolute atomic E-state index is 0.0759. The SMILES string of the molecule is Oc1ncnc2c(NC[C@H](O)CN3CCc4ccccc4C3)nccc12. The normalized spacial score (nSPS) is 15.6. The molecule has 0 aliphatic carbocycles. The van der Waals surface area contributed by atoms with Crippen molar-refractivity contribution in [1.82, 2.24) is 19.9 Å². The van der Waals surface area contributed by atoms with E-state index >= 15 is 0 Å². The lowest BCUT2D eigenvalue weighted by Crippen LogP contribution is -2.39. The molecule has 7 nitrogen and oxygen atoms in total. The van der Waals surface area contributed by atoms with E-state index in [0.717, 1.165) is 19.5 Å². The number of nitrogens with one attached hydrogen (secondary N) is 1. The van der Waals surface area contributed by atoms with Gasteiger partial charge in [0.05, 0.1) is 11.5 Å². The number of hydrogen-bond donors (Lipinski definition) is 3. The number of pyridine rings is 1. The molecule has 134 valence electrons. The van der Waals surface area contributed by atoms with Gasteiger partial charge < -0.3 is 15.5 Å². The molecule has 1 aliphatic heterocycles. The van der Waals surface area contributed by atoms with E-state index in [-0.39, 0.29) is 5.88 Å². The van der Waals surface area contributed by atoms with E-state index in [1.54, 1.807) is 12.3 Å². The molecule has 0 radical (unpaired) electrons. The van der Waals surface area contributed by atoms with Gasteiger partial charge in [0.15, 0.2) is 5.82 Å². The van der Waals surface area contributed by atoms with Crippen molar-refractivity contribution >= 4 is 16.7 Å². The van der Waals surface area contributed by atoms with E-state index in [1.807, 2.05) is 0 Å². The van der Waals surface area contributed by atoms with Crippen molar-refractivity contribution in [3.63, 3.8) is 0 Å².